The normalized spacial score (nSPS) is 12.5. The Hall–Kier alpha value is -1.68. The van der Waals surface area contributed by atoms with Crippen molar-refractivity contribution in [3.63, 3.8) is 0 Å². The molecule has 2 aromatic rings. The molecule has 0 aromatic heterocycles. The second kappa shape index (κ2) is 26.1. The molecule has 280 valence electrons. The first-order chi connectivity index (χ1) is 23.6. The smallest absolute Gasteiger partial charge is 0.224 e. The summed E-state index contributed by atoms with van der Waals surface area (Å²) in [5, 5.41) is 3.84. The van der Waals surface area contributed by atoms with Gasteiger partial charge < -0.3 is 5.32 Å². The van der Waals surface area contributed by atoms with Crippen LogP contribution in [0.25, 0.3) is 0 Å². The summed E-state index contributed by atoms with van der Waals surface area (Å²) in [4.78, 5) is 50.0. The molecule has 2 atom stereocenters. The lowest BCUT2D eigenvalue weighted by atomic mass is 10.0. The van der Waals surface area contributed by atoms with Crippen molar-refractivity contribution in [3.05, 3.63) is 59.7 Å². The van der Waals surface area contributed by atoms with Gasteiger partial charge in [-0.25, -0.2) is 0 Å². The Morgan fingerprint density at radius 1 is 0.560 bits per heavy atom. The quantitative estimate of drug-likeness (QED) is 0.0886. The molecule has 0 aliphatic rings. The van der Waals surface area contributed by atoms with E-state index < -0.39 is 0 Å². The Morgan fingerprint density at radius 2 is 0.980 bits per heavy atom. The van der Waals surface area contributed by atoms with E-state index in [0.717, 1.165) is 53.1 Å². The fourth-order valence-corrected chi connectivity index (χ4v) is 9.35. The number of hydrogen-bond acceptors (Lipinski definition) is 8. The largest absolute Gasteiger partial charge is 0.356 e. The van der Waals surface area contributed by atoms with Crippen LogP contribution in [0.15, 0.2) is 58.3 Å². The van der Waals surface area contributed by atoms with Crippen molar-refractivity contribution in [2.24, 2.45) is 23.7 Å². The summed E-state index contributed by atoms with van der Waals surface area (Å²) < 4.78 is 0. The molecule has 50 heavy (non-hydrogen) atoms. The maximum Gasteiger partial charge on any atom is 0.224 e. The fraction of sp³-hybridized carbons (Fsp3) is 0.610. The van der Waals surface area contributed by atoms with Crippen LogP contribution in [0, 0.1) is 23.7 Å². The van der Waals surface area contributed by atoms with E-state index >= 15 is 0 Å². The predicted octanol–water partition coefficient (Wildman–Crippen LogP) is 11.5. The molecule has 0 heterocycles. The number of nitrogens with one attached hydrogen (secondary N) is 1. The number of benzene rings is 2. The molecule has 2 rings (SSSR count). The monoisotopic (exact) mass is 761 g/mol. The van der Waals surface area contributed by atoms with Gasteiger partial charge in [-0.05, 0) is 54.9 Å². The SMILES string of the molecule is CC(C)CCCNC(=O)Cc1ccccc1SSC(C)CCC(=O)C(C)C.CC(CCC(=O)C(C)C)SSc1ccccc1CC(=O)C(C)C. The third-order valence-electron chi connectivity index (χ3n) is 8.07. The van der Waals surface area contributed by atoms with E-state index in [4.69, 9.17) is 0 Å². The van der Waals surface area contributed by atoms with Crippen LogP contribution in [0.5, 0.6) is 0 Å². The molecule has 0 saturated carbocycles. The van der Waals surface area contributed by atoms with E-state index in [1.165, 1.54) is 0 Å². The van der Waals surface area contributed by atoms with Crippen molar-refractivity contribution in [2.75, 3.05) is 6.54 Å². The highest BCUT2D eigenvalue weighted by Gasteiger charge is 2.15. The van der Waals surface area contributed by atoms with Crippen molar-refractivity contribution in [1.82, 2.24) is 5.32 Å². The number of carbonyl (C=O) groups excluding carboxylic acids is 4. The molecule has 0 spiro atoms. The summed E-state index contributed by atoms with van der Waals surface area (Å²) in [5.74, 6) is 2.03. The molecule has 0 aliphatic heterocycles. The molecule has 2 unspecified atom stereocenters. The zero-order chi connectivity index (χ0) is 37.6. The summed E-state index contributed by atoms with van der Waals surface area (Å²) in [6.07, 6.45) is 6.19. The number of hydrogen-bond donors (Lipinski definition) is 1. The van der Waals surface area contributed by atoms with Crippen LogP contribution >= 0.6 is 43.2 Å². The van der Waals surface area contributed by atoms with E-state index in [-0.39, 0.29) is 29.4 Å². The Bertz CT molecular complexity index is 1310. The van der Waals surface area contributed by atoms with Crippen molar-refractivity contribution < 1.29 is 19.2 Å². The molecule has 0 fully saturated rings. The molecule has 2 aromatic carbocycles. The van der Waals surface area contributed by atoms with Crippen LogP contribution in [-0.2, 0) is 32.0 Å². The van der Waals surface area contributed by atoms with Gasteiger partial charge in [0.15, 0.2) is 0 Å². The van der Waals surface area contributed by atoms with E-state index in [0.29, 0.717) is 53.7 Å². The third kappa shape index (κ3) is 21.0. The number of ketones is 3. The Morgan fingerprint density at radius 3 is 1.40 bits per heavy atom. The summed E-state index contributed by atoms with van der Waals surface area (Å²) in [7, 11) is 7.00. The zero-order valence-electron chi connectivity index (χ0n) is 32.2. The average Bonchev–Trinajstić information content (AvgIpc) is 3.07. The van der Waals surface area contributed by atoms with Crippen molar-refractivity contribution in [1.29, 1.82) is 0 Å². The summed E-state index contributed by atoms with van der Waals surface area (Å²) >= 11 is 0. The van der Waals surface area contributed by atoms with E-state index in [1.54, 1.807) is 43.2 Å². The van der Waals surface area contributed by atoms with Gasteiger partial charge in [0, 0.05) is 63.9 Å². The summed E-state index contributed by atoms with van der Waals surface area (Å²) in [6.45, 7) is 21.2. The van der Waals surface area contributed by atoms with E-state index in [2.05, 4.69) is 45.1 Å². The predicted molar refractivity (Wildman–Crippen MR) is 221 cm³/mol. The second-order valence-corrected chi connectivity index (χ2v) is 19.7. The van der Waals surface area contributed by atoms with Crippen LogP contribution in [-0.4, -0.2) is 40.3 Å². The Labute approximate surface area is 320 Å². The molecular formula is C41H63NO4S4. The summed E-state index contributed by atoms with van der Waals surface area (Å²) in [6, 6.07) is 16.2. The number of Topliss-reactive ketones (excluding diaryl/α,β-unsaturated/α-hetero) is 3. The number of amides is 1. The lowest BCUT2D eigenvalue weighted by Crippen LogP contribution is -2.26. The lowest BCUT2D eigenvalue weighted by molar-refractivity contribution is -0.122. The molecule has 1 N–H and O–H groups in total. The van der Waals surface area contributed by atoms with E-state index in [1.807, 2.05) is 77.9 Å². The van der Waals surface area contributed by atoms with Gasteiger partial charge in [0.05, 0.1) is 6.42 Å². The standard InChI is InChI=1S/C22H35NO2S2.C19H28O2S2/c1-16(2)9-8-14-23-22(25)15-19-10-6-7-11-21(19)27-26-18(5)12-13-20(24)17(3)4;1-13(2)17(20)11-10-15(5)22-23-19-9-7-6-8-16(19)12-18(21)14(3)4/h6-7,10-11,16-18H,8-9,12-15H2,1-5H3,(H,23,25);6-9,13-15H,10-12H2,1-5H3. The highest BCUT2D eigenvalue weighted by Crippen LogP contribution is 2.39. The first-order valence-corrected chi connectivity index (χ1v) is 22.7. The average molecular weight is 762 g/mol. The van der Waals surface area contributed by atoms with Gasteiger partial charge in [-0.3, -0.25) is 19.2 Å². The van der Waals surface area contributed by atoms with E-state index in [9.17, 15) is 19.2 Å². The molecular weight excluding hydrogens is 699 g/mol. The van der Waals surface area contributed by atoms with Gasteiger partial charge in [-0.2, -0.15) is 0 Å². The minimum absolute atomic E-state index is 0.0710. The second-order valence-electron chi connectivity index (χ2n) is 14.4. The first kappa shape index (κ1) is 46.3. The first-order valence-electron chi connectivity index (χ1n) is 18.3. The summed E-state index contributed by atoms with van der Waals surface area (Å²) in [5.41, 5.74) is 2.18. The highest BCUT2D eigenvalue weighted by molar-refractivity contribution is 8.77. The molecule has 9 heteroatoms. The molecule has 0 saturated heterocycles. The lowest BCUT2D eigenvalue weighted by Gasteiger charge is -2.13. The van der Waals surface area contributed by atoms with Gasteiger partial charge in [-0.1, -0.05) is 149 Å². The third-order valence-corrected chi connectivity index (χ3v) is 14.2. The minimum Gasteiger partial charge on any atom is -0.356 e. The van der Waals surface area contributed by atoms with Gasteiger partial charge >= 0.3 is 0 Å². The molecule has 5 nitrogen and oxygen atoms in total. The van der Waals surface area contributed by atoms with Gasteiger partial charge in [0.2, 0.25) is 5.91 Å². The van der Waals surface area contributed by atoms with Crippen molar-refractivity contribution >= 4 is 66.4 Å². The topological polar surface area (TPSA) is 80.3 Å². The maximum absolute atomic E-state index is 12.2. The molecule has 0 bridgehead atoms. The van der Waals surface area contributed by atoms with Crippen LogP contribution in [0.3, 0.4) is 0 Å². The molecule has 0 aliphatic carbocycles. The zero-order valence-corrected chi connectivity index (χ0v) is 35.5. The van der Waals surface area contributed by atoms with Gasteiger partial charge in [0.25, 0.3) is 0 Å². The fourth-order valence-electron chi connectivity index (χ4n) is 4.46. The minimum atomic E-state index is 0.0710. The van der Waals surface area contributed by atoms with Crippen molar-refractivity contribution in [3.8, 4) is 0 Å². The number of rotatable bonds is 23. The van der Waals surface area contributed by atoms with Crippen LogP contribution < -0.4 is 5.32 Å². The van der Waals surface area contributed by atoms with Crippen molar-refractivity contribution in [2.45, 2.75) is 141 Å². The molecule has 0 radical (unpaired) electrons. The Kier molecular flexibility index (Phi) is 24.2. The van der Waals surface area contributed by atoms with Gasteiger partial charge in [-0.15, -0.1) is 0 Å². The highest BCUT2D eigenvalue weighted by atomic mass is 33.1. The van der Waals surface area contributed by atoms with Crippen LogP contribution in [0.4, 0.5) is 0 Å². The van der Waals surface area contributed by atoms with Gasteiger partial charge in [0.1, 0.15) is 17.3 Å². The van der Waals surface area contributed by atoms with Crippen LogP contribution in [0.1, 0.15) is 119 Å². The Balaban J connectivity index is 0.000000506. The molecule has 1 amide bonds. The maximum atomic E-state index is 12.2. The number of carbonyl (C=O) groups is 4. The van der Waals surface area contributed by atoms with Crippen LogP contribution in [0.2, 0.25) is 0 Å².